The lowest BCUT2D eigenvalue weighted by Gasteiger charge is -2.22. The molecule has 1 fully saturated rings. The van der Waals surface area contributed by atoms with Crippen molar-refractivity contribution in [3.05, 3.63) is 39.9 Å². The number of nitro groups is 1. The summed E-state index contributed by atoms with van der Waals surface area (Å²) in [5.74, 6) is -1.89. The van der Waals surface area contributed by atoms with Gasteiger partial charge in [-0.25, -0.2) is 4.79 Å². The van der Waals surface area contributed by atoms with Crippen molar-refractivity contribution >= 4 is 17.6 Å². The van der Waals surface area contributed by atoms with E-state index in [2.05, 4.69) is 0 Å². The van der Waals surface area contributed by atoms with Crippen molar-refractivity contribution in [2.24, 2.45) is 5.92 Å². The minimum Gasteiger partial charge on any atom is -0.481 e. The van der Waals surface area contributed by atoms with E-state index < -0.39 is 23.0 Å². The SMILES string of the molecule is O=C(O)CC(OC(=O)c1ccccc1[N+](=O)[O-])C1CCCC1. The zero-order chi connectivity index (χ0) is 16.1. The molecule has 1 aromatic carbocycles. The van der Waals surface area contributed by atoms with Crippen LogP contribution in [0.4, 0.5) is 5.69 Å². The Bertz CT molecular complexity index is 579. The fourth-order valence-corrected chi connectivity index (χ4v) is 2.81. The number of nitrogens with zero attached hydrogens (tertiary/aromatic N) is 1. The van der Waals surface area contributed by atoms with Crippen molar-refractivity contribution in [3.8, 4) is 0 Å². The number of carboxylic acids is 1. The van der Waals surface area contributed by atoms with Gasteiger partial charge in [0.2, 0.25) is 0 Å². The predicted octanol–water partition coefficient (Wildman–Crippen LogP) is 2.79. The Morgan fingerprint density at radius 2 is 1.95 bits per heavy atom. The van der Waals surface area contributed by atoms with Crippen molar-refractivity contribution in [3.63, 3.8) is 0 Å². The van der Waals surface area contributed by atoms with Gasteiger partial charge in [-0.3, -0.25) is 14.9 Å². The van der Waals surface area contributed by atoms with Crippen LogP contribution in [-0.2, 0) is 9.53 Å². The molecule has 0 amide bonds. The number of rotatable bonds is 6. The Morgan fingerprint density at radius 1 is 1.32 bits per heavy atom. The molecule has 118 valence electrons. The second-order valence-electron chi connectivity index (χ2n) is 5.36. The second-order valence-corrected chi connectivity index (χ2v) is 5.36. The first-order valence-corrected chi connectivity index (χ1v) is 7.15. The normalized spacial score (nSPS) is 16.2. The molecule has 1 N–H and O–H groups in total. The first kappa shape index (κ1) is 15.9. The zero-order valence-corrected chi connectivity index (χ0v) is 11.9. The monoisotopic (exact) mass is 307 g/mol. The van der Waals surface area contributed by atoms with Crippen molar-refractivity contribution in [2.75, 3.05) is 0 Å². The van der Waals surface area contributed by atoms with Crippen molar-refractivity contribution in [2.45, 2.75) is 38.2 Å². The van der Waals surface area contributed by atoms with E-state index >= 15 is 0 Å². The third-order valence-corrected chi connectivity index (χ3v) is 3.88. The van der Waals surface area contributed by atoms with Gasteiger partial charge in [0, 0.05) is 6.07 Å². The number of para-hydroxylation sites is 1. The average molecular weight is 307 g/mol. The van der Waals surface area contributed by atoms with Crippen LogP contribution in [0.25, 0.3) is 0 Å². The van der Waals surface area contributed by atoms with Gasteiger partial charge in [-0.2, -0.15) is 0 Å². The Balaban J connectivity index is 2.17. The lowest BCUT2D eigenvalue weighted by atomic mass is 9.98. The van der Waals surface area contributed by atoms with E-state index in [1.54, 1.807) is 0 Å². The molecule has 0 bridgehead atoms. The first-order chi connectivity index (χ1) is 10.5. The predicted molar refractivity (Wildman–Crippen MR) is 76.5 cm³/mol. The van der Waals surface area contributed by atoms with Crippen LogP contribution in [-0.4, -0.2) is 28.1 Å². The maximum absolute atomic E-state index is 12.2. The summed E-state index contributed by atoms with van der Waals surface area (Å²) in [7, 11) is 0. The molecule has 1 aromatic rings. The number of hydrogen-bond donors (Lipinski definition) is 1. The van der Waals surface area contributed by atoms with Crippen molar-refractivity contribution < 1.29 is 24.4 Å². The molecular formula is C15H17NO6. The number of nitro benzene ring substituents is 1. The van der Waals surface area contributed by atoms with Crippen LogP contribution in [0.3, 0.4) is 0 Å². The van der Waals surface area contributed by atoms with Crippen LogP contribution in [0.15, 0.2) is 24.3 Å². The fraction of sp³-hybridized carbons (Fsp3) is 0.467. The molecule has 0 aliphatic heterocycles. The molecule has 0 saturated heterocycles. The van der Waals surface area contributed by atoms with Gasteiger partial charge >= 0.3 is 11.9 Å². The van der Waals surface area contributed by atoms with Crippen LogP contribution in [0.5, 0.6) is 0 Å². The molecule has 1 atom stereocenters. The van der Waals surface area contributed by atoms with E-state index in [4.69, 9.17) is 9.84 Å². The van der Waals surface area contributed by atoms with Crippen molar-refractivity contribution in [1.29, 1.82) is 0 Å². The number of ether oxygens (including phenoxy) is 1. The number of hydrogen-bond acceptors (Lipinski definition) is 5. The topological polar surface area (TPSA) is 107 Å². The van der Waals surface area contributed by atoms with Gasteiger partial charge in [0.05, 0.1) is 11.3 Å². The van der Waals surface area contributed by atoms with Gasteiger partial charge in [-0.15, -0.1) is 0 Å². The van der Waals surface area contributed by atoms with Gasteiger partial charge in [-0.1, -0.05) is 25.0 Å². The highest BCUT2D eigenvalue weighted by atomic mass is 16.6. The minimum absolute atomic E-state index is 0.00261. The third-order valence-electron chi connectivity index (χ3n) is 3.88. The minimum atomic E-state index is -1.05. The number of esters is 1. The fourth-order valence-electron chi connectivity index (χ4n) is 2.81. The van der Waals surface area contributed by atoms with Crippen LogP contribution < -0.4 is 0 Å². The summed E-state index contributed by atoms with van der Waals surface area (Å²) >= 11 is 0. The quantitative estimate of drug-likeness (QED) is 0.492. The maximum atomic E-state index is 12.2. The van der Waals surface area contributed by atoms with Gasteiger partial charge in [0.15, 0.2) is 0 Å². The molecule has 7 nitrogen and oxygen atoms in total. The average Bonchev–Trinajstić information content (AvgIpc) is 3.00. The van der Waals surface area contributed by atoms with E-state index in [1.807, 2.05) is 0 Å². The number of carbonyl (C=O) groups is 2. The van der Waals surface area contributed by atoms with Crippen LogP contribution in [0.2, 0.25) is 0 Å². The van der Waals surface area contributed by atoms with E-state index in [0.29, 0.717) is 0 Å². The summed E-state index contributed by atoms with van der Waals surface area (Å²) in [6.07, 6.45) is 2.54. The van der Waals surface area contributed by atoms with Gasteiger partial charge in [0.25, 0.3) is 5.69 Å². The smallest absolute Gasteiger partial charge is 0.345 e. The lowest BCUT2D eigenvalue weighted by Crippen LogP contribution is -2.28. The molecule has 1 aliphatic rings. The first-order valence-electron chi connectivity index (χ1n) is 7.15. The highest BCUT2D eigenvalue weighted by Gasteiger charge is 2.32. The molecule has 1 saturated carbocycles. The lowest BCUT2D eigenvalue weighted by molar-refractivity contribution is -0.385. The van der Waals surface area contributed by atoms with E-state index in [0.717, 1.165) is 25.7 Å². The Morgan fingerprint density at radius 3 is 2.55 bits per heavy atom. The van der Waals surface area contributed by atoms with Gasteiger partial charge in [-0.05, 0) is 24.8 Å². The van der Waals surface area contributed by atoms with Crippen LogP contribution in [0.1, 0.15) is 42.5 Å². The molecule has 2 rings (SSSR count). The molecule has 0 radical (unpaired) electrons. The summed E-state index contributed by atoms with van der Waals surface area (Å²) in [6.45, 7) is 0. The number of carbonyl (C=O) groups excluding carboxylic acids is 1. The van der Waals surface area contributed by atoms with Crippen molar-refractivity contribution in [1.82, 2.24) is 0 Å². The summed E-state index contributed by atoms with van der Waals surface area (Å²) < 4.78 is 5.30. The highest BCUT2D eigenvalue weighted by molar-refractivity contribution is 5.94. The third kappa shape index (κ3) is 3.81. The second kappa shape index (κ2) is 7.02. The van der Waals surface area contributed by atoms with Gasteiger partial charge in [0.1, 0.15) is 11.7 Å². The summed E-state index contributed by atoms with van der Waals surface area (Å²) in [4.78, 5) is 33.5. The summed E-state index contributed by atoms with van der Waals surface area (Å²) in [5, 5.41) is 19.9. The molecule has 1 aliphatic carbocycles. The molecule has 22 heavy (non-hydrogen) atoms. The molecule has 0 heterocycles. The number of benzene rings is 1. The number of carboxylic acid groups (broad SMARTS) is 1. The maximum Gasteiger partial charge on any atom is 0.345 e. The summed E-state index contributed by atoms with van der Waals surface area (Å²) in [6, 6.07) is 5.50. The van der Waals surface area contributed by atoms with Gasteiger partial charge < -0.3 is 9.84 Å². The summed E-state index contributed by atoms with van der Waals surface area (Å²) in [5.41, 5.74) is -0.492. The Hall–Kier alpha value is -2.44. The molecule has 0 spiro atoms. The molecule has 7 heteroatoms. The van der Waals surface area contributed by atoms with E-state index in [1.165, 1.54) is 24.3 Å². The van der Waals surface area contributed by atoms with E-state index in [9.17, 15) is 19.7 Å². The van der Waals surface area contributed by atoms with Crippen LogP contribution in [0, 0.1) is 16.0 Å². The Kier molecular flexibility index (Phi) is 5.08. The largest absolute Gasteiger partial charge is 0.481 e. The van der Waals surface area contributed by atoms with E-state index in [-0.39, 0.29) is 23.6 Å². The zero-order valence-electron chi connectivity index (χ0n) is 11.9. The number of aliphatic carboxylic acids is 1. The molecule has 0 aromatic heterocycles. The molecule has 1 unspecified atom stereocenters. The standard InChI is InChI=1S/C15H17NO6/c17-14(18)9-13(10-5-1-2-6-10)22-15(19)11-7-3-4-8-12(11)16(20)21/h3-4,7-8,10,13H,1-2,5-6,9H2,(H,17,18). The Labute approximate surface area is 127 Å². The van der Waals surface area contributed by atoms with Crippen LogP contribution >= 0.6 is 0 Å². The molecular weight excluding hydrogens is 290 g/mol. The highest BCUT2D eigenvalue weighted by Crippen LogP contribution is 2.32.